The molecule has 0 aliphatic carbocycles. The van der Waals surface area contributed by atoms with Crippen LogP contribution in [-0.4, -0.2) is 11.7 Å². The van der Waals surface area contributed by atoms with E-state index in [0.29, 0.717) is 5.56 Å². The molecule has 3 nitrogen and oxygen atoms in total. The van der Waals surface area contributed by atoms with E-state index in [1.807, 2.05) is 30.3 Å². The lowest BCUT2D eigenvalue weighted by atomic mass is 10.0. The quantitative estimate of drug-likeness (QED) is 0.801. The summed E-state index contributed by atoms with van der Waals surface area (Å²) in [6.45, 7) is 3.02. The number of benzene rings is 2. The number of hydrogen-bond acceptors (Lipinski definition) is 2. The van der Waals surface area contributed by atoms with Gasteiger partial charge in [0.25, 0.3) is 0 Å². The minimum Gasteiger partial charge on any atom is -0.326 e. The Hall–Kier alpha value is -2.16. The molecule has 0 radical (unpaired) electrons. The lowest BCUT2D eigenvalue weighted by Gasteiger charge is -2.05. The van der Waals surface area contributed by atoms with Crippen molar-refractivity contribution in [3.05, 3.63) is 42.0 Å². The first-order chi connectivity index (χ1) is 8.06. The number of Topliss-reactive ketones (excluding diaryl/α,β-unsaturated/α-hetero) is 1. The summed E-state index contributed by atoms with van der Waals surface area (Å²) in [4.78, 5) is 22.2. The van der Waals surface area contributed by atoms with Crippen LogP contribution >= 0.6 is 0 Å². The number of carbonyl (C=O) groups excluding carboxylic acids is 2. The Morgan fingerprint density at radius 3 is 2.24 bits per heavy atom. The molecule has 0 fully saturated rings. The largest absolute Gasteiger partial charge is 0.326 e. The summed E-state index contributed by atoms with van der Waals surface area (Å²) >= 11 is 0. The molecule has 86 valence electrons. The molecule has 0 heterocycles. The summed E-state index contributed by atoms with van der Waals surface area (Å²) in [7, 11) is 0. The molecule has 0 saturated heterocycles. The van der Waals surface area contributed by atoms with E-state index in [-0.39, 0.29) is 11.7 Å². The van der Waals surface area contributed by atoms with Gasteiger partial charge >= 0.3 is 0 Å². The average molecular weight is 227 g/mol. The van der Waals surface area contributed by atoms with Gasteiger partial charge in [-0.25, -0.2) is 0 Å². The molecule has 2 aromatic rings. The second-order valence-corrected chi connectivity index (χ2v) is 4.01. The number of rotatable bonds is 2. The van der Waals surface area contributed by atoms with Gasteiger partial charge in [-0.3, -0.25) is 9.59 Å². The Morgan fingerprint density at radius 2 is 1.59 bits per heavy atom. The molecule has 2 rings (SSSR count). The van der Waals surface area contributed by atoms with E-state index in [4.69, 9.17) is 0 Å². The van der Waals surface area contributed by atoms with Crippen molar-refractivity contribution in [3.63, 3.8) is 0 Å². The highest BCUT2D eigenvalue weighted by Gasteiger charge is 2.02. The van der Waals surface area contributed by atoms with Gasteiger partial charge in [0.2, 0.25) is 5.91 Å². The lowest BCUT2D eigenvalue weighted by molar-refractivity contribution is -0.114. The van der Waals surface area contributed by atoms with Crippen LogP contribution in [0, 0.1) is 0 Å². The predicted octanol–water partition coefficient (Wildman–Crippen LogP) is 3.00. The van der Waals surface area contributed by atoms with Crippen LogP contribution in [0.4, 0.5) is 5.69 Å². The molecule has 17 heavy (non-hydrogen) atoms. The van der Waals surface area contributed by atoms with Crippen LogP contribution in [0.2, 0.25) is 0 Å². The van der Waals surface area contributed by atoms with Gasteiger partial charge in [-0.05, 0) is 35.9 Å². The fourth-order valence-corrected chi connectivity index (χ4v) is 1.75. The third-order valence-electron chi connectivity index (χ3n) is 2.57. The molecule has 2 aromatic carbocycles. The molecule has 0 unspecified atom stereocenters. The molecule has 0 aromatic heterocycles. The van der Waals surface area contributed by atoms with Gasteiger partial charge in [-0.1, -0.05) is 18.2 Å². The van der Waals surface area contributed by atoms with Crippen molar-refractivity contribution >= 4 is 28.2 Å². The SMILES string of the molecule is CC(=O)Nc1ccc2cc(C(C)=O)ccc2c1. The molecular weight excluding hydrogens is 214 g/mol. The lowest BCUT2D eigenvalue weighted by Crippen LogP contribution is -2.05. The molecule has 0 aliphatic rings. The van der Waals surface area contributed by atoms with Crippen LogP contribution in [0.1, 0.15) is 24.2 Å². The standard InChI is InChI=1S/C14H13NO2/c1-9(16)11-3-4-13-8-14(15-10(2)17)6-5-12(13)7-11/h3-8H,1-2H3,(H,15,17). The van der Waals surface area contributed by atoms with Crippen molar-refractivity contribution in [2.75, 3.05) is 5.32 Å². The topological polar surface area (TPSA) is 46.2 Å². The maximum absolute atomic E-state index is 11.2. The Labute approximate surface area is 99.4 Å². The van der Waals surface area contributed by atoms with Crippen LogP contribution < -0.4 is 5.32 Å². The van der Waals surface area contributed by atoms with Crippen molar-refractivity contribution in [1.29, 1.82) is 0 Å². The number of carbonyl (C=O) groups is 2. The number of hydrogen-bond donors (Lipinski definition) is 1. The molecule has 0 spiro atoms. The number of ketones is 1. The minimum absolute atomic E-state index is 0.0536. The Morgan fingerprint density at radius 1 is 0.941 bits per heavy atom. The van der Waals surface area contributed by atoms with Gasteiger partial charge < -0.3 is 5.32 Å². The van der Waals surface area contributed by atoms with Gasteiger partial charge in [0, 0.05) is 18.2 Å². The zero-order chi connectivity index (χ0) is 12.4. The molecular formula is C14H13NO2. The van der Waals surface area contributed by atoms with Crippen molar-refractivity contribution in [2.45, 2.75) is 13.8 Å². The normalized spacial score (nSPS) is 10.2. The average Bonchev–Trinajstić information content (AvgIpc) is 2.27. The summed E-state index contributed by atoms with van der Waals surface area (Å²) in [5.74, 6) is -0.0393. The van der Waals surface area contributed by atoms with E-state index < -0.39 is 0 Å². The number of nitrogens with one attached hydrogen (secondary N) is 1. The molecule has 0 atom stereocenters. The van der Waals surface area contributed by atoms with E-state index in [0.717, 1.165) is 16.5 Å². The maximum atomic E-state index is 11.2. The van der Waals surface area contributed by atoms with Gasteiger partial charge in [-0.2, -0.15) is 0 Å². The Bertz CT molecular complexity index is 602. The van der Waals surface area contributed by atoms with E-state index in [1.54, 1.807) is 13.0 Å². The third-order valence-corrected chi connectivity index (χ3v) is 2.57. The number of fused-ring (bicyclic) bond motifs is 1. The van der Waals surface area contributed by atoms with Crippen LogP contribution in [0.3, 0.4) is 0 Å². The van der Waals surface area contributed by atoms with Crippen molar-refractivity contribution in [3.8, 4) is 0 Å². The van der Waals surface area contributed by atoms with E-state index in [1.165, 1.54) is 6.92 Å². The number of anilines is 1. The van der Waals surface area contributed by atoms with Gasteiger partial charge in [0.05, 0.1) is 0 Å². The minimum atomic E-state index is -0.0929. The first-order valence-electron chi connectivity index (χ1n) is 5.38. The van der Waals surface area contributed by atoms with Crippen molar-refractivity contribution in [1.82, 2.24) is 0 Å². The first kappa shape index (κ1) is 11.3. The fourth-order valence-electron chi connectivity index (χ4n) is 1.75. The zero-order valence-corrected chi connectivity index (χ0v) is 9.78. The maximum Gasteiger partial charge on any atom is 0.221 e. The first-order valence-corrected chi connectivity index (χ1v) is 5.38. The summed E-state index contributed by atoms with van der Waals surface area (Å²) < 4.78 is 0. The number of amides is 1. The molecule has 3 heteroatoms. The van der Waals surface area contributed by atoms with Gasteiger partial charge in [0.15, 0.2) is 5.78 Å². The molecule has 1 amide bonds. The Kier molecular flexibility index (Phi) is 2.91. The van der Waals surface area contributed by atoms with Crippen LogP contribution in [-0.2, 0) is 4.79 Å². The fraction of sp³-hybridized carbons (Fsp3) is 0.143. The highest BCUT2D eigenvalue weighted by Crippen LogP contribution is 2.20. The molecule has 0 aliphatic heterocycles. The summed E-state index contributed by atoms with van der Waals surface area (Å²) in [6, 6.07) is 11.1. The summed E-state index contributed by atoms with van der Waals surface area (Å²) in [6.07, 6.45) is 0. The second-order valence-electron chi connectivity index (χ2n) is 4.01. The van der Waals surface area contributed by atoms with Gasteiger partial charge in [0.1, 0.15) is 0 Å². The van der Waals surface area contributed by atoms with Crippen LogP contribution in [0.5, 0.6) is 0 Å². The van der Waals surface area contributed by atoms with Crippen molar-refractivity contribution in [2.24, 2.45) is 0 Å². The van der Waals surface area contributed by atoms with Crippen LogP contribution in [0.15, 0.2) is 36.4 Å². The molecule has 0 saturated carbocycles. The van der Waals surface area contributed by atoms with E-state index in [9.17, 15) is 9.59 Å². The second kappa shape index (κ2) is 4.37. The van der Waals surface area contributed by atoms with Gasteiger partial charge in [-0.15, -0.1) is 0 Å². The predicted molar refractivity (Wildman–Crippen MR) is 68.3 cm³/mol. The van der Waals surface area contributed by atoms with Crippen LogP contribution in [0.25, 0.3) is 10.8 Å². The zero-order valence-electron chi connectivity index (χ0n) is 9.78. The Balaban J connectivity index is 2.46. The monoisotopic (exact) mass is 227 g/mol. The smallest absolute Gasteiger partial charge is 0.221 e. The third kappa shape index (κ3) is 2.50. The van der Waals surface area contributed by atoms with E-state index >= 15 is 0 Å². The highest BCUT2D eigenvalue weighted by atomic mass is 16.1. The summed E-state index contributed by atoms with van der Waals surface area (Å²) in [5.41, 5.74) is 1.46. The van der Waals surface area contributed by atoms with Crippen molar-refractivity contribution < 1.29 is 9.59 Å². The summed E-state index contributed by atoms with van der Waals surface area (Å²) in [5, 5.41) is 4.72. The molecule has 1 N–H and O–H groups in total. The van der Waals surface area contributed by atoms with E-state index in [2.05, 4.69) is 5.32 Å². The highest BCUT2D eigenvalue weighted by molar-refractivity contribution is 5.99. The molecule has 0 bridgehead atoms.